The van der Waals surface area contributed by atoms with Crippen LogP contribution in [-0.2, 0) is 12.1 Å². The molecule has 1 aliphatic heterocycles. The smallest absolute Gasteiger partial charge is 0.254 e. The summed E-state index contributed by atoms with van der Waals surface area (Å²) >= 11 is 0. The van der Waals surface area contributed by atoms with Crippen molar-refractivity contribution in [2.75, 3.05) is 25.5 Å². The van der Waals surface area contributed by atoms with Gasteiger partial charge in [0.1, 0.15) is 17.3 Å². The van der Waals surface area contributed by atoms with Gasteiger partial charge in [-0.05, 0) is 36.3 Å². The molecule has 0 radical (unpaired) electrons. The molecule has 1 aromatic carbocycles. The summed E-state index contributed by atoms with van der Waals surface area (Å²) in [6.07, 6.45) is 3.10. The molecule has 2 aromatic rings. The zero-order valence-electron chi connectivity index (χ0n) is 17.1. The number of hydrogen-bond acceptors (Lipinski definition) is 5. The maximum atomic E-state index is 15.6. The molecule has 1 aromatic heterocycles. The number of anilines is 1. The number of hydrogen-bond donors (Lipinski definition) is 2. The molecule has 0 bridgehead atoms. The summed E-state index contributed by atoms with van der Waals surface area (Å²) in [5, 5.41) is 16.6. The summed E-state index contributed by atoms with van der Waals surface area (Å²) in [5.74, 6) is 0.378. The number of primary amides is 1. The van der Waals surface area contributed by atoms with E-state index in [2.05, 4.69) is 45.7 Å². The third-order valence-electron chi connectivity index (χ3n) is 6.36. The quantitative estimate of drug-likeness (QED) is 0.731. The highest BCUT2D eigenvalue weighted by molar-refractivity contribution is 5.97. The number of nitrogens with one attached hydrogen (secondary N) is 1. The molecule has 1 saturated carbocycles. The number of carbonyl (C=O) groups excluding carboxylic acids is 1. The van der Waals surface area contributed by atoms with Gasteiger partial charge in [-0.25, -0.2) is 4.39 Å². The Bertz CT molecular complexity index is 961. The van der Waals surface area contributed by atoms with Gasteiger partial charge in [0.25, 0.3) is 5.91 Å². The number of amides is 1. The van der Waals surface area contributed by atoms with E-state index >= 15 is 4.39 Å². The van der Waals surface area contributed by atoms with Crippen LogP contribution in [0.5, 0.6) is 0 Å². The van der Waals surface area contributed by atoms with Crippen LogP contribution in [0.25, 0.3) is 0 Å². The van der Waals surface area contributed by atoms with Gasteiger partial charge in [-0.1, -0.05) is 24.3 Å². The summed E-state index contributed by atoms with van der Waals surface area (Å²) in [4.78, 5) is 13.8. The third-order valence-corrected chi connectivity index (χ3v) is 6.36. The molecule has 7 nitrogen and oxygen atoms in total. The monoisotopic (exact) mass is 410 g/mol. The number of alkyl halides is 1. The van der Waals surface area contributed by atoms with Crippen LogP contribution >= 0.6 is 0 Å². The summed E-state index contributed by atoms with van der Waals surface area (Å²) in [7, 11) is 1.63. The van der Waals surface area contributed by atoms with Crippen molar-refractivity contribution >= 4 is 11.7 Å². The fourth-order valence-corrected chi connectivity index (χ4v) is 4.35. The Morgan fingerprint density at radius 3 is 2.67 bits per heavy atom. The van der Waals surface area contributed by atoms with E-state index in [1.165, 1.54) is 29.3 Å². The van der Waals surface area contributed by atoms with Gasteiger partial charge in [0, 0.05) is 32.9 Å². The zero-order chi connectivity index (χ0) is 21.3. The first-order valence-corrected chi connectivity index (χ1v) is 10.4. The van der Waals surface area contributed by atoms with Gasteiger partial charge in [-0.2, -0.15) is 10.4 Å². The lowest BCUT2D eigenvalue weighted by Gasteiger charge is -2.43. The lowest BCUT2D eigenvalue weighted by atomic mass is 9.83. The van der Waals surface area contributed by atoms with Gasteiger partial charge in [0.05, 0.1) is 12.5 Å². The van der Waals surface area contributed by atoms with E-state index in [0.29, 0.717) is 25.3 Å². The van der Waals surface area contributed by atoms with Crippen LogP contribution in [0.3, 0.4) is 0 Å². The lowest BCUT2D eigenvalue weighted by Crippen LogP contribution is -2.54. The fourth-order valence-electron chi connectivity index (χ4n) is 4.35. The van der Waals surface area contributed by atoms with Crippen LogP contribution in [0.15, 0.2) is 30.5 Å². The van der Waals surface area contributed by atoms with E-state index in [4.69, 9.17) is 5.73 Å². The van der Waals surface area contributed by atoms with Crippen molar-refractivity contribution in [3.63, 3.8) is 0 Å². The van der Waals surface area contributed by atoms with Crippen LogP contribution in [-0.4, -0.2) is 46.9 Å². The number of nitriles is 1. The maximum Gasteiger partial charge on any atom is 0.254 e. The number of nitrogens with two attached hydrogens (primary N) is 1. The third kappa shape index (κ3) is 3.77. The van der Waals surface area contributed by atoms with Crippen LogP contribution in [0.1, 0.15) is 53.1 Å². The lowest BCUT2D eigenvalue weighted by molar-refractivity contribution is 0.00694. The second-order valence-electron chi connectivity index (χ2n) is 8.36. The standard InChI is InChI=1S/C22H27FN6O/c1-26-21-18(20(25)30)13-29(27-21)22(8-10-24)9-11-28(14-19(22)23)12-15-2-4-16(5-3-15)17-6-7-17/h2-5,13,17,19H,6-9,11-12,14H2,1H3,(H2,25,30)(H,26,27). The first-order valence-electron chi connectivity index (χ1n) is 10.4. The van der Waals surface area contributed by atoms with E-state index in [0.717, 1.165) is 11.5 Å². The van der Waals surface area contributed by atoms with Crippen molar-refractivity contribution < 1.29 is 9.18 Å². The normalized spacial score (nSPS) is 24.4. The van der Waals surface area contributed by atoms with Crippen molar-refractivity contribution in [3.05, 3.63) is 47.2 Å². The summed E-state index contributed by atoms with van der Waals surface area (Å²) in [6, 6.07) is 10.7. The van der Waals surface area contributed by atoms with Gasteiger partial charge >= 0.3 is 0 Å². The highest BCUT2D eigenvalue weighted by atomic mass is 19.1. The summed E-state index contributed by atoms with van der Waals surface area (Å²) in [5.41, 5.74) is 7.06. The molecule has 30 heavy (non-hydrogen) atoms. The molecular formula is C22H27FN6O. The highest BCUT2D eigenvalue weighted by Gasteiger charge is 2.46. The van der Waals surface area contributed by atoms with E-state index in [9.17, 15) is 10.1 Å². The molecule has 8 heteroatoms. The fraction of sp³-hybridized carbons (Fsp3) is 0.500. The molecule has 1 amide bonds. The minimum absolute atomic E-state index is 0.0267. The van der Waals surface area contributed by atoms with Crippen molar-refractivity contribution in [2.45, 2.75) is 49.9 Å². The Morgan fingerprint density at radius 2 is 2.13 bits per heavy atom. The van der Waals surface area contributed by atoms with Gasteiger partial charge in [0.15, 0.2) is 5.82 Å². The Morgan fingerprint density at radius 1 is 1.40 bits per heavy atom. The average molecular weight is 410 g/mol. The Hall–Kier alpha value is -2.92. The Balaban J connectivity index is 1.51. The molecule has 2 aliphatic rings. The van der Waals surface area contributed by atoms with Gasteiger partial charge in [0.2, 0.25) is 0 Å². The molecule has 158 valence electrons. The second kappa shape index (κ2) is 8.07. The number of piperidine rings is 1. The van der Waals surface area contributed by atoms with Crippen LogP contribution < -0.4 is 11.1 Å². The largest absolute Gasteiger partial charge is 0.371 e. The minimum Gasteiger partial charge on any atom is -0.371 e. The average Bonchev–Trinajstić information content (AvgIpc) is 3.48. The van der Waals surface area contributed by atoms with Crippen molar-refractivity contribution in [3.8, 4) is 6.07 Å². The number of carbonyl (C=O) groups is 1. The topological polar surface area (TPSA) is 100.0 Å². The predicted molar refractivity (Wildman–Crippen MR) is 112 cm³/mol. The number of nitrogens with zero attached hydrogens (tertiary/aromatic N) is 4. The van der Waals surface area contributed by atoms with Gasteiger partial charge in [-0.15, -0.1) is 0 Å². The number of likely N-dealkylation sites (tertiary alicyclic amines) is 1. The molecule has 1 aliphatic carbocycles. The SMILES string of the molecule is CNc1nn(C2(CC#N)CCN(Cc3ccc(C4CC4)cc3)CC2F)cc1C(N)=O. The van der Waals surface area contributed by atoms with E-state index in [1.54, 1.807) is 7.05 Å². The molecule has 4 rings (SSSR count). The first kappa shape index (κ1) is 20.4. The van der Waals surface area contributed by atoms with Crippen LogP contribution in [0, 0.1) is 11.3 Å². The Labute approximate surface area is 175 Å². The van der Waals surface area contributed by atoms with Crippen molar-refractivity contribution in [1.29, 1.82) is 5.26 Å². The zero-order valence-corrected chi connectivity index (χ0v) is 17.1. The molecule has 0 spiro atoms. The van der Waals surface area contributed by atoms with E-state index in [-0.39, 0.29) is 18.5 Å². The maximum absolute atomic E-state index is 15.6. The van der Waals surface area contributed by atoms with E-state index in [1.807, 2.05) is 0 Å². The number of rotatable bonds is 7. The Kier molecular flexibility index (Phi) is 5.48. The number of halogens is 1. The predicted octanol–water partition coefficient (Wildman–Crippen LogP) is 2.75. The van der Waals surface area contributed by atoms with E-state index < -0.39 is 17.6 Å². The van der Waals surface area contributed by atoms with Gasteiger partial charge in [-0.3, -0.25) is 14.4 Å². The molecule has 2 unspecified atom stereocenters. The number of aromatic nitrogens is 2. The highest BCUT2D eigenvalue weighted by Crippen LogP contribution is 2.40. The van der Waals surface area contributed by atoms with Crippen LogP contribution in [0.2, 0.25) is 0 Å². The van der Waals surface area contributed by atoms with Crippen molar-refractivity contribution in [1.82, 2.24) is 14.7 Å². The van der Waals surface area contributed by atoms with Crippen molar-refractivity contribution in [2.24, 2.45) is 5.73 Å². The van der Waals surface area contributed by atoms with Gasteiger partial charge < -0.3 is 11.1 Å². The molecule has 2 fully saturated rings. The molecule has 1 saturated heterocycles. The van der Waals surface area contributed by atoms with Crippen LogP contribution in [0.4, 0.5) is 10.2 Å². The summed E-state index contributed by atoms with van der Waals surface area (Å²) in [6.45, 7) is 1.50. The first-order chi connectivity index (χ1) is 14.5. The molecular weight excluding hydrogens is 383 g/mol. The second-order valence-corrected chi connectivity index (χ2v) is 8.36. The molecule has 2 atom stereocenters. The summed E-state index contributed by atoms with van der Waals surface area (Å²) < 4.78 is 17.0. The number of benzene rings is 1. The minimum atomic E-state index is -1.30. The molecule has 3 N–H and O–H groups in total. The molecule has 2 heterocycles.